The number of sulfonamides is 1. The molecule has 0 saturated carbocycles. The summed E-state index contributed by atoms with van der Waals surface area (Å²) in [6, 6.07) is 2.60. The second kappa shape index (κ2) is 11.8. The number of nitrogens with one attached hydrogen (secondary N) is 3. The lowest BCUT2D eigenvalue weighted by atomic mass is 10.1. The van der Waals surface area contributed by atoms with Crippen molar-refractivity contribution in [3.05, 3.63) is 15.8 Å². The Bertz CT molecular complexity index is 780. The van der Waals surface area contributed by atoms with Crippen LogP contribution >= 0.6 is 35.3 Å². The van der Waals surface area contributed by atoms with Crippen LogP contribution in [-0.4, -0.2) is 64.1 Å². The number of aryl methyl sites for hydroxylation is 2. The van der Waals surface area contributed by atoms with Crippen LogP contribution in [-0.2, 0) is 10.0 Å². The molecule has 2 atom stereocenters. The van der Waals surface area contributed by atoms with E-state index in [-0.39, 0.29) is 30.5 Å². The minimum Gasteiger partial charge on any atom is -0.357 e. The molecule has 0 amide bonds. The molecule has 7 nitrogen and oxygen atoms in total. The molecule has 1 fully saturated rings. The van der Waals surface area contributed by atoms with Gasteiger partial charge in [-0.2, -0.15) is 0 Å². The van der Waals surface area contributed by atoms with Crippen molar-refractivity contribution in [2.45, 2.75) is 58.5 Å². The molecule has 0 radical (unpaired) electrons. The number of nitrogens with zero attached hydrogens (tertiary/aromatic N) is 2. The largest absolute Gasteiger partial charge is 0.357 e. The third kappa shape index (κ3) is 7.64. The molecule has 1 aromatic rings. The Kier molecular flexibility index (Phi) is 10.8. The summed E-state index contributed by atoms with van der Waals surface area (Å²) >= 11 is 1.50. The maximum Gasteiger partial charge on any atom is 0.241 e. The highest BCUT2D eigenvalue weighted by atomic mass is 127. The van der Waals surface area contributed by atoms with Gasteiger partial charge in [-0.25, -0.2) is 13.1 Å². The van der Waals surface area contributed by atoms with Crippen LogP contribution in [0.1, 0.15) is 37.4 Å². The first-order valence-electron chi connectivity index (χ1n) is 9.99. The van der Waals surface area contributed by atoms with E-state index in [1.165, 1.54) is 11.3 Å². The van der Waals surface area contributed by atoms with Gasteiger partial charge in [0.2, 0.25) is 10.0 Å². The summed E-state index contributed by atoms with van der Waals surface area (Å²) < 4.78 is 27.6. The molecule has 0 aromatic carbocycles. The predicted octanol–water partition coefficient (Wildman–Crippen LogP) is 2.55. The van der Waals surface area contributed by atoms with Crippen molar-refractivity contribution in [3.8, 4) is 0 Å². The zero-order valence-electron chi connectivity index (χ0n) is 18.3. The molecule has 29 heavy (non-hydrogen) atoms. The lowest BCUT2D eigenvalue weighted by Gasteiger charge is -2.22. The van der Waals surface area contributed by atoms with Crippen molar-refractivity contribution in [2.75, 3.05) is 32.7 Å². The molecule has 0 spiro atoms. The molecule has 1 saturated heterocycles. The summed E-state index contributed by atoms with van der Waals surface area (Å²) in [6.07, 6.45) is 0. The summed E-state index contributed by atoms with van der Waals surface area (Å²) in [5.74, 6) is 1.28. The predicted molar refractivity (Wildman–Crippen MR) is 133 cm³/mol. The molecule has 168 valence electrons. The number of guanidine groups is 1. The minimum atomic E-state index is -3.48. The Labute approximate surface area is 197 Å². The second-order valence-corrected chi connectivity index (χ2v) is 10.9. The smallest absolute Gasteiger partial charge is 0.241 e. The fraction of sp³-hybridized carbons (Fsp3) is 0.737. The highest BCUT2D eigenvalue weighted by molar-refractivity contribution is 14.0. The van der Waals surface area contributed by atoms with Crippen molar-refractivity contribution >= 4 is 51.3 Å². The number of aliphatic imine (C=N–C) groups is 1. The van der Waals surface area contributed by atoms with E-state index in [0.717, 1.165) is 35.3 Å². The van der Waals surface area contributed by atoms with Gasteiger partial charge in [0.05, 0.1) is 11.4 Å². The number of hydrogen-bond donors (Lipinski definition) is 3. The Balaban J connectivity index is 0.00000420. The first-order chi connectivity index (χ1) is 13.1. The Morgan fingerprint density at radius 1 is 1.34 bits per heavy atom. The quantitative estimate of drug-likeness (QED) is 0.198. The van der Waals surface area contributed by atoms with Gasteiger partial charge >= 0.3 is 0 Å². The lowest BCUT2D eigenvalue weighted by Crippen LogP contribution is -2.47. The van der Waals surface area contributed by atoms with Crippen LogP contribution in [0.15, 0.2) is 16.0 Å². The Morgan fingerprint density at radius 2 is 2.03 bits per heavy atom. The molecule has 3 N–H and O–H groups in total. The van der Waals surface area contributed by atoms with E-state index < -0.39 is 10.0 Å². The topological polar surface area (TPSA) is 85.8 Å². The molecular weight excluding hydrogens is 521 g/mol. The van der Waals surface area contributed by atoms with Crippen LogP contribution in [0.25, 0.3) is 0 Å². The summed E-state index contributed by atoms with van der Waals surface area (Å²) in [4.78, 5) is 9.20. The maximum atomic E-state index is 12.5. The van der Waals surface area contributed by atoms with Gasteiger partial charge in [-0.15, -0.1) is 35.3 Å². The van der Waals surface area contributed by atoms with Crippen molar-refractivity contribution in [3.63, 3.8) is 0 Å². The Hall–Kier alpha value is -0.430. The summed E-state index contributed by atoms with van der Waals surface area (Å²) in [5, 5.41) is 6.78. The fourth-order valence-electron chi connectivity index (χ4n) is 3.41. The van der Waals surface area contributed by atoms with Crippen LogP contribution in [0.3, 0.4) is 0 Å². The van der Waals surface area contributed by atoms with Gasteiger partial charge in [0, 0.05) is 48.0 Å². The van der Waals surface area contributed by atoms with E-state index >= 15 is 0 Å². The van der Waals surface area contributed by atoms with Gasteiger partial charge in [0.25, 0.3) is 0 Å². The van der Waals surface area contributed by atoms with Gasteiger partial charge in [-0.3, -0.25) is 9.89 Å². The normalized spacial score (nSPS) is 20.7. The highest BCUT2D eigenvalue weighted by Gasteiger charge is 2.31. The third-order valence-electron chi connectivity index (χ3n) is 5.00. The second-order valence-electron chi connectivity index (χ2n) is 7.71. The SMILES string of the molecule is CCNC(=NCCNS(=O)(=O)c1cc(C)sc1C)NC1CN(C(C)C)CC1C.I. The van der Waals surface area contributed by atoms with Gasteiger partial charge in [-0.1, -0.05) is 6.92 Å². The Morgan fingerprint density at radius 3 is 2.55 bits per heavy atom. The molecule has 1 aliphatic heterocycles. The lowest BCUT2D eigenvalue weighted by molar-refractivity contribution is 0.265. The third-order valence-corrected chi connectivity index (χ3v) is 7.68. The highest BCUT2D eigenvalue weighted by Crippen LogP contribution is 2.24. The van der Waals surface area contributed by atoms with E-state index in [1.54, 1.807) is 6.07 Å². The molecule has 1 aliphatic rings. The molecule has 2 unspecified atom stereocenters. The van der Waals surface area contributed by atoms with Crippen LogP contribution in [0, 0.1) is 19.8 Å². The fourth-order valence-corrected chi connectivity index (χ4v) is 5.98. The summed E-state index contributed by atoms with van der Waals surface area (Å²) in [5.41, 5.74) is 0. The molecule has 1 aromatic heterocycles. The standard InChI is InChI=1S/C19H35N5O2S2.HI/c1-7-20-19(23-17-12-24(13(2)3)11-14(17)4)21-8-9-22-28(25,26)18-10-15(5)27-16(18)6;/h10,13-14,17,22H,7-9,11-12H2,1-6H3,(H2,20,21,23);1H. The average Bonchev–Trinajstić information content (AvgIpc) is 3.14. The monoisotopic (exact) mass is 557 g/mol. The van der Waals surface area contributed by atoms with Crippen molar-refractivity contribution < 1.29 is 8.42 Å². The molecular formula is C19H36IN5O2S2. The van der Waals surface area contributed by atoms with E-state index in [0.29, 0.717) is 29.4 Å². The van der Waals surface area contributed by atoms with E-state index in [4.69, 9.17) is 0 Å². The number of rotatable bonds is 8. The zero-order chi connectivity index (χ0) is 20.9. The number of halogens is 1. The zero-order valence-corrected chi connectivity index (χ0v) is 22.2. The van der Waals surface area contributed by atoms with Crippen molar-refractivity contribution in [2.24, 2.45) is 10.9 Å². The van der Waals surface area contributed by atoms with Crippen LogP contribution < -0.4 is 15.4 Å². The maximum absolute atomic E-state index is 12.5. The van der Waals surface area contributed by atoms with Gasteiger partial charge in [0.15, 0.2) is 5.96 Å². The van der Waals surface area contributed by atoms with Crippen molar-refractivity contribution in [1.29, 1.82) is 0 Å². The van der Waals surface area contributed by atoms with Crippen LogP contribution in [0.5, 0.6) is 0 Å². The summed E-state index contributed by atoms with van der Waals surface area (Å²) in [6.45, 7) is 16.0. The van der Waals surface area contributed by atoms with Gasteiger partial charge < -0.3 is 10.6 Å². The van der Waals surface area contributed by atoms with Crippen molar-refractivity contribution in [1.82, 2.24) is 20.3 Å². The number of thiophene rings is 1. The van der Waals surface area contributed by atoms with Crippen LogP contribution in [0.2, 0.25) is 0 Å². The number of hydrogen-bond acceptors (Lipinski definition) is 5. The first-order valence-corrected chi connectivity index (χ1v) is 12.3. The van der Waals surface area contributed by atoms with E-state index in [9.17, 15) is 8.42 Å². The average molecular weight is 558 g/mol. The molecule has 10 heteroatoms. The summed E-state index contributed by atoms with van der Waals surface area (Å²) in [7, 11) is -3.48. The molecule has 0 bridgehead atoms. The van der Waals surface area contributed by atoms with E-state index in [2.05, 4.69) is 46.0 Å². The van der Waals surface area contributed by atoms with Gasteiger partial charge in [-0.05, 0) is 46.6 Å². The number of likely N-dealkylation sites (tertiary alicyclic amines) is 1. The first kappa shape index (κ1) is 26.6. The van der Waals surface area contributed by atoms with Gasteiger partial charge in [0.1, 0.15) is 0 Å². The molecule has 2 rings (SSSR count). The molecule has 0 aliphatic carbocycles. The van der Waals surface area contributed by atoms with Crippen LogP contribution in [0.4, 0.5) is 0 Å². The minimum absolute atomic E-state index is 0. The molecule has 2 heterocycles. The van der Waals surface area contributed by atoms with E-state index in [1.807, 2.05) is 20.8 Å².